The van der Waals surface area contributed by atoms with Crippen LogP contribution in [-0.2, 0) is 0 Å². The van der Waals surface area contributed by atoms with Gasteiger partial charge in [-0.3, -0.25) is 0 Å². The zero-order chi connectivity index (χ0) is 15.4. The number of hydrogen-bond donors (Lipinski definition) is 1. The fourth-order valence-electron chi connectivity index (χ4n) is 2.04. The van der Waals surface area contributed by atoms with E-state index in [0.29, 0.717) is 4.90 Å². The Labute approximate surface area is 136 Å². The lowest BCUT2D eigenvalue weighted by Crippen LogP contribution is -2.18. The van der Waals surface area contributed by atoms with Crippen LogP contribution in [-0.4, -0.2) is 6.54 Å². The van der Waals surface area contributed by atoms with Gasteiger partial charge in [0.25, 0.3) is 0 Å². The number of nitrogens with one attached hydrogen (secondary N) is 1. The van der Waals surface area contributed by atoms with Crippen LogP contribution in [0.3, 0.4) is 0 Å². The molecule has 2 aromatic carbocycles. The van der Waals surface area contributed by atoms with Crippen molar-refractivity contribution in [3.8, 4) is 0 Å². The Morgan fingerprint density at radius 1 is 1.14 bits per heavy atom. The molecule has 0 aromatic heterocycles. The van der Waals surface area contributed by atoms with Gasteiger partial charge < -0.3 is 5.32 Å². The molecule has 0 aliphatic carbocycles. The molecule has 0 amide bonds. The average Bonchev–Trinajstić information content (AvgIpc) is 2.43. The van der Waals surface area contributed by atoms with Gasteiger partial charge in [0.2, 0.25) is 0 Å². The van der Waals surface area contributed by atoms with Crippen LogP contribution in [0.5, 0.6) is 0 Å². The summed E-state index contributed by atoms with van der Waals surface area (Å²) in [6, 6.07) is 10.2. The molecule has 5 heteroatoms. The summed E-state index contributed by atoms with van der Waals surface area (Å²) in [4.78, 5) is 1.70. The molecule has 1 nitrogen and oxygen atoms in total. The van der Waals surface area contributed by atoms with E-state index in [0.717, 1.165) is 27.5 Å². The lowest BCUT2D eigenvalue weighted by atomic mass is 10.1. The molecule has 2 aromatic rings. The van der Waals surface area contributed by atoms with Crippen LogP contribution in [0.2, 0.25) is 0 Å². The highest BCUT2D eigenvalue weighted by atomic mass is 79.9. The van der Waals surface area contributed by atoms with Crippen LogP contribution in [0.25, 0.3) is 0 Å². The predicted molar refractivity (Wildman–Crippen MR) is 86.7 cm³/mol. The van der Waals surface area contributed by atoms with Gasteiger partial charge in [0, 0.05) is 20.3 Å². The Hall–Kier alpha value is -0.910. The van der Waals surface area contributed by atoms with Crippen LogP contribution in [0.15, 0.2) is 50.7 Å². The van der Waals surface area contributed by atoms with Gasteiger partial charge in [-0.1, -0.05) is 40.7 Å². The van der Waals surface area contributed by atoms with Gasteiger partial charge in [-0.25, -0.2) is 8.78 Å². The van der Waals surface area contributed by atoms with Crippen LogP contribution in [0, 0.1) is 11.6 Å². The smallest absolute Gasteiger partial charge is 0.159 e. The first kappa shape index (κ1) is 16.5. The van der Waals surface area contributed by atoms with Crippen molar-refractivity contribution in [1.29, 1.82) is 0 Å². The first-order valence-electron chi connectivity index (χ1n) is 6.67. The third-order valence-corrected chi connectivity index (χ3v) is 4.63. The van der Waals surface area contributed by atoms with E-state index >= 15 is 0 Å². The lowest BCUT2D eigenvalue weighted by Gasteiger charge is -2.17. The van der Waals surface area contributed by atoms with Crippen molar-refractivity contribution in [3.63, 3.8) is 0 Å². The quantitative estimate of drug-likeness (QED) is 0.739. The SMILES string of the molecule is CCNC(C)c1ccc(Br)cc1Sc1ccc(F)c(F)c1. The van der Waals surface area contributed by atoms with Crippen molar-refractivity contribution in [1.82, 2.24) is 5.32 Å². The van der Waals surface area contributed by atoms with Crippen LogP contribution in [0.4, 0.5) is 8.78 Å². The van der Waals surface area contributed by atoms with E-state index in [9.17, 15) is 8.78 Å². The summed E-state index contributed by atoms with van der Waals surface area (Å²) in [5.41, 5.74) is 1.13. The standard InChI is InChI=1S/C16H16BrF2NS/c1-3-20-10(2)13-6-4-11(17)8-16(13)21-12-5-7-14(18)15(19)9-12/h4-10,20H,3H2,1-2H3. The molecule has 1 N–H and O–H groups in total. The largest absolute Gasteiger partial charge is 0.310 e. The molecule has 0 fully saturated rings. The third kappa shape index (κ3) is 4.28. The summed E-state index contributed by atoms with van der Waals surface area (Å²) in [5.74, 6) is -1.65. The summed E-state index contributed by atoms with van der Waals surface area (Å²) in [5, 5.41) is 3.37. The molecule has 0 aliphatic rings. The Morgan fingerprint density at radius 2 is 1.90 bits per heavy atom. The molecule has 0 heterocycles. The highest BCUT2D eigenvalue weighted by molar-refractivity contribution is 9.10. The summed E-state index contributed by atoms with van der Waals surface area (Å²) in [6.45, 7) is 5.01. The van der Waals surface area contributed by atoms with Crippen molar-refractivity contribution in [2.45, 2.75) is 29.7 Å². The zero-order valence-electron chi connectivity index (χ0n) is 11.8. The first-order chi connectivity index (χ1) is 10.0. The maximum atomic E-state index is 13.3. The topological polar surface area (TPSA) is 12.0 Å². The molecular formula is C16H16BrF2NS. The van der Waals surface area contributed by atoms with Gasteiger partial charge in [0.1, 0.15) is 0 Å². The minimum absolute atomic E-state index is 0.191. The van der Waals surface area contributed by atoms with E-state index in [-0.39, 0.29) is 6.04 Å². The molecule has 0 bridgehead atoms. The summed E-state index contributed by atoms with van der Waals surface area (Å²) >= 11 is 4.88. The van der Waals surface area contributed by atoms with Gasteiger partial charge in [-0.15, -0.1) is 0 Å². The average molecular weight is 372 g/mol. The van der Waals surface area contributed by atoms with E-state index < -0.39 is 11.6 Å². The molecule has 0 radical (unpaired) electrons. The summed E-state index contributed by atoms with van der Waals surface area (Å²) in [7, 11) is 0. The zero-order valence-corrected chi connectivity index (χ0v) is 14.2. The first-order valence-corrected chi connectivity index (χ1v) is 8.28. The van der Waals surface area contributed by atoms with Gasteiger partial charge in [0.05, 0.1) is 0 Å². The van der Waals surface area contributed by atoms with Crippen LogP contribution in [0.1, 0.15) is 25.5 Å². The summed E-state index contributed by atoms with van der Waals surface area (Å²) in [6.07, 6.45) is 0. The third-order valence-electron chi connectivity index (χ3n) is 3.07. The normalized spacial score (nSPS) is 12.4. The maximum absolute atomic E-state index is 13.3. The van der Waals surface area contributed by atoms with Gasteiger partial charge in [-0.2, -0.15) is 0 Å². The van der Waals surface area contributed by atoms with Gasteiger partial charge in [-0.05, 0) is 49.4 Å². The second kappa shape index (κ2) is 7.38. The second-order valence-corrected chi connectivity index (χ2v) is 6.67. The van der Waals surface area contributed by atoms with E-state index in [1.54, 1.807) is 6.07 Å². The number of halogens is 3. The van der Waals surface area contributed by atoms with Crippen LogP contribution < -0.4 is 5.32 Å². The van der Waals surface area contributed by atoms with E-state index in [4.69, 9.17) is 0 Å². The maximum Gasteiger partial charge on any atom is 0.159 e. The molecule has 112 valence electrons. The minimum Gasteiger partial charge on any atom is -0.310 e. The summed E-state index contributed by atoms with van der Waals surface area (Å²) < 4.78 is 27.3. The van der Waals surface area contributed by atoms with Crippen molar-refractivity contribution < 1.29 is 8.78 Å². The van der Waals surface area contributed by atoms with Crippen molar-refractivity contribution in [2.24, 2.45) is 0 Å². The van der Waals surface area contributed by atoms with Crippen LogP contribution >= 0.6 is 27.7 Å². The Kier molecular flexibility index (Phi) is 5.79. The molecule has 0 spiro atoms. The fourth-order valence-corrected chi connectivity index (χ4v) is 3.65. The molecule has 21 heavy (non-hydrogen) atoms. The number of rotatable bonds is 5. The van der Waals surface area contributed by atoms with Crippen molar-refractivity contribution in [2.75, 3.05) is 6.54 Å². The van der Waals surface area contributed by atoms with E-state index in [1.165, 1.54) is 17.8 Å². The molecule has 0 saturated heterocycles. The highest BCUT2D eigenvalue weighted by Crippen LogP contribution is 2.35. The molecular weight excluding hydrogens is 356 g/mol. The molecule has 0 saturated carbocycles. The molecule has 1 atom stereocenters. The molecule has 1 unspecified atom stereocenters. The minimum atomic E-state index is -0.824. The monoisotopic (exact) mass is 371 g/mol. The Bertz CT molecular complexity index is 634. The highest BCUT2D eigenvalue weighted by Gasteiger charge is 2.12. The lowest BCUT2D eigenvalue weighted by molar-refractivity contribution is 0.506. The Balaban J connectivity index is 2.33. The van der Waals surface area contributed by atoms with E-state index in [2.05, 4.69) is 35.1 Å². The Morgan fingerprint density at radius 3 is 2.57 bits per heavy atom. The number of hydrogen-bond acceptors (Lipinski definition) is 2. The van der Waals surface area contributed by atoms with Gasteiger partial charge >= 0.3 is 0 Å². The second-order valence-electron chi connectivity index (χ2n) is 4.64. The van der Waals surface area contributed by atoms with Crippen molar-refractivity contribution in [3.05, 3.63) is 58.1 Å². The van der Waals surface area contributed by atoms with E-state index in [1.807, 2.05) is 18.2 Å². The molecule has 0 aliphatic heterocycles. The van der Waals surface area contributed by atoms with Gasteiger partial charge in [0.15, 0.2) is 11.6 Å². The van der Waals surface area contributed by atoms with Crippen molar-refractivity contribution >= 4 is 27.7 Å². The fraction of sp³-hybridized carbons (Fsp3) is 0.250. The number of benzene rings is 2. The predicted octanol–water partition coefficient (Wildman–Crippen LogP) is 5.55. The molecule has 2 rings (SSSR count).